The molecule has 134 valence electrons. The van der Waals surface area contributed by atoms with E-state index >= 15 is 0 Å². The zero-order valence-corrected chi connectivity index (χ0v) is 14.7. The van der Waals surface area contributed by atoms with E-state index in [-0.39, 0.29) is 30.5 Å². The maximum atomic E-state index is 12.3. The van der Waals surface area contributed by atoms with Crippen LogP contribution in [0.2, 0.25) is 0 Å². The van der Waals surface area contributed by atoms with Crippen LogP contribution in [0.25, 0.3) is 0 Å². The molecule has 1 aromatic carbocycles. The van der Waals surface area contributed by atoms with Crippen LogP contribution in [0.1, 0.15) is 19.3 Å². The van der Waals surface area contributed by atoms with Crippen LogP contribution in [0.3, 0.4) is 0 Å². The molecule has 0 aromatic heterocycles. The number of nitrogens with one attached hydrogen (secondary N) is 2. The van der Waals surface area contributed by atoms with Gasteiger partial charge in [-0.3, -0.25) is 14.9 Å². The molecule has 1 aromatic rings. The van der Waals surface area contributed by atoms with Gasteiger partial charge >= 0.3 is 0 Å². The van der Waals surface area contributed by atoms with Gasteiger partial charge in [-0.15, -0.1) is 12.4 Å². The number of hydrogen-bond acceptors (Lipinski definition) is 5. The second kappa shape index (κ2) is 10.1. The van der Waals surface area contributed by atoms with Crippen LogP contribution in [0.5, 0.6) is 0 Å². The van der Waals surface area contributed by atoms with Crippen molar-refractivity contribution in [2.24, 2.45) is 5.92 Å². The van der Waals surface area contributed by atoms with Gasteiger partial charge in [-0.05, 0) is 44.8 Å². The van der Waals surface area contributed by atoms with Crippen LogP contribution in [0.4, 0.5) is 11.4 Å². The van der Waals surface area contributed by atoms with Crippen molar-refractivity contribution in [1.82, 2.24) is 10.2 Å². The van der Waals surface area contributed by atoms with E-state index in [0.29, 0.717) is 11.6 Å². The third-order valence-corrected chi connectivity index (χ3v) is 4.30. The fraction of sp³-hybridized carbons (Fsp3) is 0.562. The maximum Gasteiger partial charge on any atom is 0.292 e. The van der Waals surface area contributed by atoms with Crippen molar-refractivity contribution in [2.75, 3.05) is 38.5 Å². The molecule has 8 heteroatoms. The van der Waals surface area contributed by atoms with Gasteiger partial charge in [0.1, 0.15) is 5.69 Å². The summed E-state index contributed by atoms with van der Waals surface area (Å²) < 4.78 is 0. The molecule has 0 saturated carbocycles. The SMILES string of the molecule is CNCCC1CCN(C(=O)CNc2ccccc2[N+](=O)[O-])CC1.Cl. The highest BCUT2D eigenvalue weighted by molar-refractivity contribution is 5.85. The van der Waals surface area contributed by atoms with Gasteiger partial charge in [-0.1, -0.05) is 12.1 Å². The monoisotopic (exact) mass is 356 g/mol. The molecular weight excluding hydrogens is 332 g/mol. The van der Waals surface area contributed by atoms with E-state index in [1.165, 1.54) is 6.07 Å². The van der Waals surface area contributed by atoms with Crippen molar-refractivity contribution >= 4 is 29.7 Å². The van der Waals surface area contributed by atoms with Crippen LogP contribution >= 0.6 is 12.4 Å². The van der Waals surface area contributed by atoms with E-state index in [1.54, 1.807) is 18.2 Å². The average molecular weight is 357 g/mol. The highest BCUT2D eigenvalue weighted by Crippen LogP contribution is 2.23. The van der Waals surface area contributed by atoms with Crippen LogP contribution in [0, 0.1) is 16.0 Å². The van der Waals surface area contributed by atoms with E-state index in [9.17, 15) is 14.9 Å². The minimum absolute atomic E-state index is 0. The molecule has 2 rings (SSSR count). The number of amides is 1. The number of anilines is 1. The summed E-state index contributed by atoms with van der Waals surface area (Å²) in [6.45, 7) is 2.64. The Kier molecular flexibility index (Phi) is 8.49. The van der Waals surface area contributed by atoms with Crippen molar-refractivity contribution in [2.45, 2.75) is 19.3 Å². The zero-order chi connectivity index (χ0) is 16.7. The largest absolute Gasteiger partial charge is 0.371 e. The third-order valence-electron chi connectivity index (χ3n) is 4.30. The minimum atomic E-state index is -0.444. The number of benzene rings is 1. The Morgan fingerprint density at radius 1 is 1.33 bits per heavy atom. The molecule has 1 aliphatic heterocycles. The van der Waals surface area contributed by atoms with Gasteiger partial charge in [0.25, 0.3) is 5.69 Å². The van der Waals surface area contributed by atoms with Crippen molar-refractivity contribution in [1.29, 1.82) is 0 Å². The smallest absolute Gasteiger partial charge is 0.292 e. The van der Waals surface area contributed by atoms with Gasteiger partial charge < -0.3 is 15.5 Å². The first-order chi connectivity index (χ1) is 11.1. The average Bonchev–Trinajstić information content (AvgIpc) is 2.58. The predicted molar refractivity (Wildman–Crippen MR) is 96.7 cm³/mol. The summed E-state index contributed by atoms with van der Waals surface area (Å²) in [5.41, 5.74) is 0.376. The topological polar surface area (TPSA) is 87.5 Å². The Balaban J connectivity index is 0.00000288. The molecule has 24 heavy (non-hydrogen) atoms. The van der Waals surface area contributed by atoms with Crippen LogP contribution in [0.15, 0.2) is 24.3 Å². The summed E-state index contributed by atoms with van der Waals surface area (Å²) in [6, 6.07) is 6.38. The second-order valence-electron chi connectivity index (χ2n) is 5.84. The molecule has 1 aliphatic rings. The Hall–Kier alpha value is -1.86. The summed E-state index contributed by atoms with van der Waals surface area (Å²) in [5.74, 6) is 0.671. The molecule has 0 unspecified atom stereocenters. The number of likely N-dealkylation sites (tertiary alicyclic amines) is 1. The number of halogens is 1. The number of carbonyl (C=O) groups excluding carboxylic acids is 1. The first-order valence-electron chi connectivity index (χ1n) is 8.01. The van der Waals surface area contributed by atoms with E-state index < -0.39 is 4.92 Å². The molecule has 1 fully saturated rings. The van der Waals surface area contributed by atoms with E-state index in [1.807, 2.05) is 11.9 Å². The molecule has 0 aliphatic carbocycles. The van der Waals surface area contributed by atoms with Crippen LogP contribution in [-0.2, 0) is 4.79 Å². The van der Waals surface area contributed by atoms with Gasteiger partial charge in [0, 0.05) is 19.2 Å². The molecule has 0 radical (unpaired) electrons. The molecule has 1 heterocycles. The van der Waals surface area contributed by atoms with Crippen molar-refractivity contribution in [3.05, 3.63) is 34.4 Å². The lowest BCUT2D eigenvalue weighted by molar-refractivity contribution is -0.383. The van der Waals surface area contributed by atoms with Gasteiger partial charge in [-0.25, -0.2) is 0 Å². The van der Waals surface area contributed by atoms with Gasteiger partial charge in [-0.2, -0.15) is 0 Å². The molecule has 2 N–H and O–H groups in total. The van der Waals surface area contributed by atoms with Crippen LogP contribution < -0.4 is 10.6 Å². The number of piperidine rings is 1. The number of rotatable bonds is 7. The predicted octanol–water partition coefficient (Wildman–Crippen LogP) is 2.28. The molecule has 1 saturated heterocycles. The summed E-state index contributed by atoms with van der Waals surface area (Å²) in [6.07, 6.45) is 3.20. The molecule has 0 atom stereocenters. The third kappa shape index (κ3) is 5.65. The number of nitro groups is 1. The fourth-order valence-electron chi connectivity index (χ4n) is 2.88. The lowest BCUT2D eigenvalue weighted by Crippen LogP contribution is -2.41. The molecule has 0 spiro atoms. The normalized spacial score (nSPS) is 14.8. The number of carbonyl (C=O) groups is 1. The molecule has 1 amide bonds. The van der Waals surface area contributed by atoms with Crippen molar-refractivity contribution in [3.63, 3.8) is 0 Å². The minimum Gasteiger partial charge on any atom is -0.371 e. The number of nitrogens with zero attached hydrogens (tertiary/aromatic N) is 2. The fourth-order valence-corrected chi connectivity index (χ4v) is 2.88. The van der Waals surface area contributed by atoms with Crippen molar-refractivity contribution in [3.8, 4) is 0 Å². The van der Waals surface area contributed by atoms with Gasteiger partial charge in [0.15, 0.2) is 0 Å². The number of nitro benzene ring substituents is 1. The maximum absolute atomic E-state index is 12.3. The van der Waals surface area contributed by atoms with Crippen molar-refractivity contribution < 1.29 is 9.72 Å². The molecule has 0 bridgehead atoms. The second-order valence-corrected chi connectivity index (χ2v) is 5.84. The summed E-state index contributed by atoms with van der Waals surface area (Å²) in [5, 5.41) is 17.0. The van der Waals surface area contributed by atoms with E-state index in [0.717, 1.165) is 38.9 Å². The number of hydrogen-bond donors (Lipinski definition) is 2. The van der Waals surface area contributed by atoms with E-state index in [2.05, 4.69) is 10.6 Å². The van der Waals surface area contributed by atoms with Gasteiger partial charge in [0.2, 0.25) is 5.91 Å². The van der Waals surface area contributed by atoms with Crippen LogP contribution in [-0.4, -0.2) is 49.0 Å². The highest BCUT2D eigenvalue weighted by Gasteiger charge is 2.22. The molecular formula is C16H25ClN4O3. The Bertz CT molecular complexity index is 548. The Morgan fingerprint density at radius 2 is 2.00 bits per heavy atom. The van der Waals surface area contributed by atoms with E-state index in [4.69, 9.17) is 0 Å². The Labute approximate surface area is 148 Å². The summed E-state index contributed by atoms with van der Waals surface area (Å²) in [7, 11) is 1.95. The summed E-state index contributed by atoms with van der Waals surface area (Å²) in [4.78, 5) is 24.6. The zero-order valence-electron chi connectivity index (χ0n) is 13.9. The quantitative estimate of drug-likeness (QED) is 0.578. The number of para-hydroxylation sites is 2. The summed E-state index contributed by atoms with van der Waals surface area (Å²) >= 11 is 0. The highest BCUT2D eigenvalue weighted by atomic mass is 35.5. The van der Waals surface area contributed by atoms with Gasteiger partial charge in [0.05, 0.1) is 11.5 Å². The first-order valence-corrected chi connectivity index (χ1v) is 8.01. The Morgan fingerprint density at radius 3 is 2.62 bits per heavy atom. The standard InChI is InChI=1S/C16H24N4O3.ClH/c1-17-9-6-13-7-10-19(11-8-13)16(21)12-18-14-4-2-3-5-15(14)20(22)23;/h2-5,13,17-18H,6-12H2,1H3;1H. The molecule has 7 nitrogen and oxygen atoms in total. The lowest BCUT2D eigenvalue weighted by atomic mass is 9.93. The first kappa shape index (κ1) is 20.2. The lowest BCUT2D eigenvalue weighted by Gasteiger charge is -2.32.